The molecule has 4 nitrogen and oxygen atoms in total. The Kier molecular flexibility index (Phi) is 6.29. The first-order chi connectivity index (χ1) is 15.1. The summed E-state index contributed by atoms with van der Waals surface area (Å²) in [6, 6.07) is 24.7. The van der Waals surface area contributed by atoms with E-state index in [1.54, 1.807) is 12.1 Å². The Morgan fingerprint density at radius 3 is 2.52 bits per heavy atom. The van der Waals surface area contributed by atoms with Gasteiger partial charge < -0.3 is 9.47 Å². The predicted molar refractivity (Wildman–Crippen MR) is 124 cm³/mol. The summed E-state index contributed by atoms with van der Waals surface area (Å²) >= 11 is 6.24. The first-order valence-corrected chi connectivity index (χ1v) is 10.1. The van der Waals surface area contributed by atoms with Gasteiger partial charge in [0.05, 0.1) is 18.4 Å². The lowest BCUT2D eigenvalue weighted by Gasteiger charge is -2.10. The first-order valence-electron chi connectivity index (χ1n) is 9.76. The Bertz CT molecular complexity index is 1250. The van der Waals surface area contributed by atoms with Gasteiger partial charge in [0.2, 0.25) is 0 Å². The molecule has 4 aromatic rings. The third kappa shape index (κ3) is 4.93. The topological polar surface area (TPSA) is 48.4 Å². The third-order valence-corrected chi connectivity index (χ3v) is 5.19. The summed E-state index contributed by atoms with van der Waals surface area (Å²) in [6.45, 7) is 0.368. The molecule has 0 saturated heterocycles. The van der Waals surface area contributed by atoms with Crippen molar-refractivity contribution in [1.82, 2.24) is 4.98 Å². The zero-order chi connectivity index (χ0) is 21.6. The summed E-state index contributed by atoms with van der Waals surface area (Å²) in [6.07, 6.45) is 3.87. The molecule has 1 heterocycles. The lowest BCUT2D eigenvalue weighted by atomic mass is 10.1. The van der Waals surface area contributed by atoms with E-state index in [-0.39, 0.29) is 5.97 Å². The molecular weight excluding hydrogens is 410 g/mol. The Hall–Kier alpha value is -3.63. The zero-order valence-electron chi connectivity index (χ0n) is 16.9. The number of para-hydroxylation sites is 1. The number of fused-ring (bicyclic) bond motifs is 1. The van der Waals surface area contributed by atoms with Crippen LogP contribution in [0.25, 0.3) is 23.1 Å². The molecule has 0 N–H and O–H groups in total. The monoisotopic (exact) mass is 429 g/mol. The molecular formula is C26H20ClNO3. The van der Waals surface area contributed by atoms with Gasteiger partial charge in [-0.2, -0.15) is 0 Å². The highest BCUT2D eigenvalue weighted by atomic mass is 35.5. The van der Waals surface area contributed by atoms with Gasteiger partial charge in [-0.15, -0.1) is 0 Å². The van der Waals surface area contributed by atoms with Crippen LogP contribution in [-0.2, 0) is 11.3 Å². The minimum Gasteiger partial charge on any atom is -0.487 e. The third-order valence-electron chi connectivity index (χ3n) is 4.82. The number of nitrogens with zero attached hydrogens (tertiary/aromatic N) is 1. The average molecular weight is 430 g/mol. The number of ether oxygens (including phenoxy) is 2. The lowest BCUT2D eigenvalue weighted by molar-refractivity contribution is 0.0600. The van der Waals surface area contributed by atoms with Gasteiger partial charge in [0, 0.05) is 16.0 Å². The number of carbonyl (C=O) groups excluding carboxylic acids is 1. The molecule has 0 aliphatic rings. The number of aromatic nitrogens is 1. The highest BCUT2D eigenvalue weighted by molar-refractivity contribution is 6.31. The summed E-state index contributed by atoms with van der Waals surface area (Å²) in [5, 5.41) is 1.67. The minimum absolute atomic E-state index is 0.351. The van der Waals surface area contributed by atoms with E-state index in [1.807, 2.05) is 78.9 Å². The van der Waals surface area contributed by atoms with Crippen molar-refractivity contribution < 1.29 is 14.3 Å². The molecule has 0 atom stereocenters. The highest BCUT2D eigenvalue weighted by Crippen LogP contribution is 2.26. The number of pyridine rings is 1. The summed E-state index contributed by atoms with van der Waals surface area (Å²) in [7, 11) is 1.37. The van der Waals surface area contributed by atoms with Gasteiger partial charge in [-0.25, -0.2) is 9.78 Å². The predicted octanol–water partition coefficient (Wildman–Crippen LogP) is 6.42. The molecule has 1 aromatic heterocycles. The second-order valence-corrected chi connectivity index (χ2v) is 7.30. The van der Waals surface area contributed by atoms with Crippen molar-refractivity contribution >= 4 is 40.6 Å². The maximum atomic E-state index is 11.6. The van der Waals surface area contributed by atoms with Crippen LogP contribution < -0.4 is 4.74 Å². The molecule has 154 valence electrons. The summed E-state index contributed by atoms with van der Waals surface area (Å²) in [5.41, 5.74) is 3.99. The number of halogens is 1. The molecule has 0 fully saturated rings. The van der Waals surface area contributed by atoms with Crippen LogP contribution in [0.2, 0.25) is 5.02 Å². The maximum absolute atomic E-state index is 11.6. The standard InChI is InChI=1S/C26H20ClNO3/c1-30-26(29)20-12-9-18(10-13-20)11-15-22-16-14-19-6-4-8-24(25(19)28-22)31-17-21-5-2-3-7-23(21)27/h2-16H,17H2,1H3/b15-11+. The normalized spacial score (nSPS) is 11.0. The van der Waals surface area contributed by atoms with E-state index < -0.39 is 0 Å². The van der Waals surface area contributed by atoms with Crippen LogP contribution in [0.5, 0.6) is 5.75 Å². The molecule has 5 heteroatoms. The number of esters is 1. The van der Waals surface area contributed by atoms with E-state index in [0.717, 1.165) is 27.7 Å². The van der Waals surface area contributed by atoms with Gasteiger partial charge in [0.1, 0.15) is 17.9 Å². The van der Waals surface area contributed by atoms with Gasteiger partial charge in [-0.1, -0.05) is 66.2 Å². The van der Waals surface area contributed by atoms with E-state index in [9.17, 15) is 4.79 Å². The van der Waals surface area contributed by atoms with Crippen LogP contribution in [0.15, 0.2) is 78.9 Å². The molecule has 0 radical (unpaired) electrons. The summed E-state index contributed by atoms with van der Waals surface area (Å²) in [4.78, 5) is 16.3. The molecule has 0 unspecified atom stereocenters. The van der Waals surface area contributed by atoms with E-state index in [2.05, 4.69) is 0 Å². The van der Waals surface area contributed by atoms with Crippen molar-refractivity contribution in [2.75, 3.05) is 7.11 Å². The molecule has 0 bridgehead atoms. The molecule has 0 aliphatic heterocycles. The molecule has 0 amide bonds. The number of hydrogen-bond donors (Lipinski definition) is 0. The van der Waals surface area contributed by atoms with Gasteiger partial charge in [-0.05, 0) is 42.0 Å². The molecule has 0 aliphatic carbocycles. The van der Waals surface area contributed by atoms with Gasteiger partial charge in [0.15, 0.2) is 0 Å². The van der Waals surface area contributed by atoms with Crippen LogP contribution in [0.1, 0.15) is 27.2 Å². The largest absolute Gasteiger partial charge is 0.487 e. The van der Waals surface area contributed by atoms with Crippen molar-refractivity contribution in [3.05, 3.63) is 106 Å². The number of methoxy groups -OCH3 is 1. The second kappa shape index (κ2) is 9.45. The van der Waals surface area contributed by atoms with Crippen LogP contribution >= 0.6 is 11.6 Å². The number of rotatable bonds is 6. The van der Waals surface area contributed by atoms with Crippen LogP contribution in [0, 0.1) is 0 Å². The van der Waals surface area contributed by atoms with Crippen molar-refractivity contribution in [3.8, 4) is 5.75 Å². The fourth-order valence-corrected chi connectivity index (χ4v) is 3.34. The molecule has 0 spiro atoms. The van der Waals surface area contributed by atoms with Crippen molar-refractivity contribution in [1.29, 1.82) is 0 Å². The van der Waals surface area contributed by atoms with Crippen molar-refractivity contribution in [2.45, 2.75) is 6.61 Å². The Balaban J connectivity index is 1.55. The van der Waals surface area contributed by atoms with Crippen molar-refractivity contribution in [3.63, 3.8) is 0 Å². The number of hydrogen-bond acceptors (Lipinski definition) is 4. The first kappa shape index (κ1) is 20.6. The zero-order valence-corrected chi connectivity index (χ0v) is 17.7. The number of benzene rings is 3. The Morgan fingerprint density at radius 1 is 0.935 bits per heavy atom. The van der Waals surface area contributed by atoms with Crippen molar-refractivity contribution in [2.24, 2.45) is 0 Å². The van der Waals surface area contributed by atoms with Crippen LogP contribution in [-0.4, -0.2) is 18.1 Å². The summed E-state index contributed by atoms with van der Waals surface area (Å²) < 4.78 is 10.8. The molecule has 4 rings (SSSR count). The van der Waals surface area contributed by atoms with E-state index in [0.29, 0.717) is 22.9 Å². The fraction of sp³-hybridized carbons (Fsp3) is 0.0769. The molecule has 3 aromatic carbocycles. The minimum atomic E-state index is -0.351. The smallest absolute Gasteiger partial charge is 0.337 e. The van der Waals surface area contributed by atoms with Gasteiger partial charge in [-0.3, -0.25) is 0 Å². The molecule has 0 saturated carbocycles. The molecule has 31 heavy (non-hydrogen) atoms. The van der Waals surface area contributed by atoms with E-state index in [1.165, 1.54) is 7.11 Å². The summed E-state index contributed by atoms with van der Waals surface area (Å²) in [5.74, 6) is 0.353. The average Bonchev–Trinajstić information content (AvgIpc) is 2.82. The number of carbonyl (C=O) groups is 1. The fourth-order valence-electron chi connectivity index (χ4n) is 3.14. The van der Waals surface area contributed by atoms with Crippen LogP contribution in [0.4, 0.5) is 0 Å². The second-order valence-electron chi connectivity index (χ2n) is 6.89. The van der Waals surface area contributed by atoms with Gasteiger partial charge in [0.25, 0.3) is 0 Å². The Morgan fingerprint density at radius 2 is 1.74 bits per heavy atom. The van der Waals surface area contributed by atoms with Gasteiger partial charge >= 0.3 is 5.97 Å². The Labute approximate surface area is 185 Å². The van der Waals surface area contributed by atoms with Crippen LogP contribution in [0.3, 0.4) is 0 Å². The quantitative estimate of drug-likeness (QED) is 0.331. The highest BCUT2D eigenvalue weighted by Gasteiger charge is 2.07. The SMILES string of the molecule is COC(=O)c1ccc(/C=C/c2ccc3cccc(OCc4ccccc4Cl)c3n2)cc1. The maximum Gasteiger partial charge on any atom is 0.337 e. The van der Waals surface area contributed by atoms with E-state index >= 15 is 0 Å². The van der Waals surface area contributed by atoms with E-state index in [4.69, 9.17) is 26.1 Å². The lowest BCUT2D eigenvalue weighted by Crippen LogP contribution is -2.00.